The maximum atomic E-state index is 12.0. The van der Waals surface area contributed by atoms with E-state index in [9.17, 15) is 4.79 Å². The van der Waals surface area contributed by atoms with Gasteiger partial charge in [-0.05, 0) is 40.9 Å². The van der Waals surface area contributed by atoms with Crippen LogP contribution in [0.25, 0.3) is 0 Å². The zero-order chi connectivity index (χ0) is 11.5. The molecule has 0 spiro atoms. The number of nitrogens with two attached hydrogens (primary N) is 1. The highest BCUT2D eigenvalue weighted by Crippen LogP contribution is 2.13. The van der Waals surface area contributed by atoms with Crippen molar-refractivity contribution in [1.82, 2.24) is 9.88 Å². The Labute approximate surface area is 127 Å². The van der Waals surface area contributed by atoms with Crippen LogP contribution in [-0.2, 0) is 0 Å². The molecular weight excluding hydrogens is 341 g/mol. The lowest BCUT2D eigenvalue weighted by molar-refractivity contribution is 0.0709. The average Bonchev–Trinajstić information content (AvgIpc) is 2.30. The van der Waals surface area contributed by atoms with E-state index in [-0.39, 0.29) is 36.8 Å². The number of halogens is 3. The number of aromatic nitrogens is 1. The van der Waals surface area contributed by atoms with Crippen molar-refractivity contribution in [2.45, 2.75) is 18.9 Å². The number of likely N-dealkylation sites (tertiary alicyclic amines) is 1. The monoisotopic (exact) mass is 355 g/mol. The van der Waals surface area contributed by atoms with Gasteiger partial charge in [0.1, 0.15) is 5.69 Å². The number of carbonyl (C=O) groups is 1. The molecular formula is C11H16BrCl2N3O. The van der Waals surface area contributed by atoms with E-state index in [1.54, 1.807) is 12.3 Å². The van der Waals surface area contributed by atoms with Crippen molar-refractivity contribution in [2.24, 2.45) is 5.73 Å². The second-order valence-corrected chi connectivity index (χ2v) is 4.91. The second kappa shape index (κ2) is 7.94. The van der Waals surface area contributed by atoms with Crippen LogP contribution in [0.5, 0.6) is 0 Å². The van der Waals surface area contributed by atoms with E-state index in [1.807, 2.05) is 11.0 Å². The SMILES string of the molecule is Cl.Cl.NC1CCN(C(=O)c2ccc(Br)cn2)CC1. The number of amides is 1. The molecule has 0 saturated carbocycles. The highest BCUT2D eigenvalue weighted by Gasteiger charge is 2.22. The Bertz CT molecular complexity index is 380. The second-order valence-electron chi connectivity index (χ2n) is 3.99. The fourth-order valence-electron chi connectivity index (χ4n) is 1.77. The number of pyridine rings is 1. The Morgan fingerprint density at radius 1 is 1.33 bits per heavy atom. The Kier molecular flexibility index (Phi) is 7.78. The van der Waals surface area contributed by atoms with Gasteiger partial charge in [0.2, 0.25) is 0 Å². The van der Waals surface area contributed by atoms with Gasteiger partial charge < -0.3 is 10.6 Å². The number of hydrogen-bond acceptors (Lipinski definition) is 3. The molecule has 0 radical (unpaired) electrons. The predicted octanol–water partition coefficient (Wildman–Crippen LogP) is 2.25. The molecule has 4 nitrogen and oxygen atoms in total. The molecule has 1 aromatic rings. The summed E-state index contributed by atoms with van der Waals surface area (Å²) in [4.78, 5) is 17.9. The topological polar surface area (TPSA) is 59.2 Å². The Hall–Kier alpha value is -0.360. The molecule has 18 heavy (non-hydrogen) atoms. The van der Waals surface area contributed by atoms with Crippen molar-refractivity contribution in [3.05, 3.63) is 28.5 Å². The Morgan fingerprint density at radius 3 is 2.44 bits per heavy atom. The molecule has 0 bridgehead atoms. The molecule has 7 heteroatoms. The van der Waals surface area contributed by atoms with Gasteiger partial charge in [-0.15, -0.1) is 24.8 Å². The molecule has 1 amide bonds. The van der Waals surface area contributed by atoms with Gasteiger partial charge in [-0.3, -0.25) is 4.79 Å². The minimum Gasteiger partial charge on any atom is -0.337 e. The van der Waals surface area contributed by atoms with Crippen molar-refractivity contribution >= 4 is 46.7 Å². The molecule has 0 aliphatic carbocycles. The van der Waals surface area contributed by atoms with E-state index in [1.165, 1.54) is 0 Å². The van der Waals surface area contributed by atoms with Gasteiger partial charge in [0.05, 0.1) is 0 Å². The van der Waals surface area contributed by atoms with Crippen LogP contribution in [0.1, 0.15) is 23.3 Å². The summed E-state index contributed by atoms with van der Waals surface area (Å²) in [6.45, 7) is 1.47. The summed E-state index contributed by atoms with van der Waals surface area (Å²) in [7, 11) is 0. The van der Waals surface area contributed by atoms with Crippen molar-refractivity contribution in [3.63, 3.8) is 0 Å². The summed E-state index contributed by atoms with van der Waals surface area (Å²) in [5.74, 6) is -0.000556. The van der Waals surface area contributed by atoms with Crippen molar-refractivity contribution in [1.29, 1.82) is 0 Å². The molecule has 1 saturated heterocycles. The predicted molar refractivity (Wildman–Crippen MR) is 79.5 cm³/mol. The summed E-state index contributed by atoms with van der Waals surface area (Å²) in [6, 6.07) is 3.80. The molecule has 0 atom stereocenters. The van der Waals surface area contributed by atoms with Gasteiger partial charge in [0.25, 0.3) is 5.91 Å². The molecule has 1 aromatic heterocycles. The minimum atomic E-state index is -0.000556. The molecule has 0 aromatic carbocycles. The first kappa shape index (κ1) is 17.6. The van der Waals surface area contributed by atoms with E-state index >= 15 is 0 Å². The number of nitrogens with zero attached hydrogens (tertiary/aromatic N) is 2. The fourth-order valence-corrected chi connectivity index (χ4v) is 2.00. The van der Waals surface area contributed by atoms with Crippen LogP contribution in [0.15, 0.2) is 22.8 Å². The van der Waals surface area contributed by atoms with E-state index in [0.29, 0.717) is 5.69 Å². The van der Waals surface area contributed by atoms with Crippen molar-refractivity contribution < 1.29 is 4.79 Å². The minimum absolute atomic E-state index is 0. The lowest BCUT2D eigenvalue weighted by Gasteiger charge is -2.29. The number of piperidine rings is 1. The zero-order valence-corrected chi connectivity index (χ0v) is 12.9. The molecule has 1 aliphatic heterocycles. The normalized spacial score (nSPS) is 15.6. The van der Waals surface area contributed by atoms with Gasteiger partial charge in [0.15, 0.2) is 0 Å². The van der Waals surface area contributed by atoms with Crippen LogP contribution in [-0.4, -0.2) is 34.9 Å². The van der Waals surface area contributed by atoms with Crippen molar-refractivity contribution in [3.8, 4) is 0 Å². The lowest BCUT2D eigenvalue weighted by atomic mass is 10.1. The maximum Gasteiger partial charge on any atom is 0.272 e. The van der Waals surface area contributed by atoms with Crippen LogP contribution in [0, 0.1) is 0 Å². The molecule has 1 fully saturated rings. The van der Waals surface area contributed by atoms with Gasteiger partial charge in [-0.1, -0.05) is 0 Å². The van der Waals surface area contributed by atoms with Gasteiger partial charge in [0, 0.05) is 29.8 Å². The number of carbonyl (C=O) groups excluding carboxylic acids is 1. The summed E-state index contributed by atoms with van der Waals surface area (Å²) < 4.78 is 0.879. The molecule has 2 heterocycles. The quantitative estimate of drug-likeness (QED) is 0.839. The van der Waals surface area contributed by atoms with Crippen LogP contribution < -0.4 is 5.73 Å². The largest absolute Gasteiger partial charge is 0.337 e. The standard InChI is InChI=1S/C11H14BrN3O.2ClH/c12-8-1-2-10(14-7-8)11(16)15-5-3-9(13)4-6-15;;/h1-2,7,9H,3-6,13H2;2*1H. The highest BCUT2D eigenvalue weighted by molar-refractivity contribution is 9.10. The summed E-state index contributed by atoms with van der Waals surface area (Å²) in [6.07, 6.45) is 3.40. The Morgan fingerprint density at radius 2 is 1.94 bits per heavy atom. The highest BCUT2D eigenvalue weighted by atomic mass is 79.9. The van der Waals surface area contributed by atoms with Crippen molar-refractivity contribution in [2.75, 3.05) is 13.1 Å². The lowest BCUT2D eigenvalue weighted by Crippen LogP contribution is -2.43. The molecule has 0 unspecified atom stereocenters. The van der Waals surface area contributed by atoms with Crippen LogP contribution in [0.3, 0.4) is 0 Å². The van der Waals surface area contributed by atoms with Crippen LogP contribution >= 0.6 is 40.7 Å². The third-order valence-corrected chi connectivity index (χ3v) is 3.24. The Balaban J connectivity index is 0.00000144. The molecule has 102 valence electrons. The van der Waals surface area contributed by atoms with E-state index < -0.39 is 0 Å². The maximum absolute atomic E-state index is 12.0. The first-order chi connectivity index (χ1) is 7.66. The summed E-state index contributed by atoms with van der Waals surface area (Å²) in [5, 5.41) is 0. The summed E-state index contributed by atoms with van der Waals surface area (Å²) in [5.41, 5.74) is 6.29. The van der Waals surface area contributed by atoms with E-state index in [0.717, 1.165) is 30.4 Å². The number of hydrogen-bond donors (Lipinski definition) is 1. The number of rotatable bonds is 1. The zero-order valence-electron chi connectivity index (χ0n) is 9.71. The van der Waals surface area contributed by atoms with Gasteiger partial charge in [-0.25, -0.2) is 4.98 Å². The van der Waals surface area contributed by atoms with Crippen LogP contribution in [0.2, 0.25) is 0 Å². The molecule has 1 aliphatic rings. The molecule has 2 N–H and O–H groups in total. The van der Waals surface area contributed by atoms with Crippen LogP contribution in [0.4, 0.5) is 0 Å². The summed E-state index contributed by atoms with van der Waals surface area (Å²) >= 11 is 3.29. The smallest absolute Gasteiger partial charge is 0.272 e. The first-order valence-electron chi connectivity index (χ1n) is 5.33. The van der Waals surface area contributed by atoms with E-state index in [4.69, 9.17) is 5.73 Å². The van der Waals surface area contributed by atoms with Gasteiger partial charge >= 0.3 is 0 Å². The fraction of sp³-hybridized carbons (Fsp3) is 0.455. The van der Waals surface area contributed by atoms with E-state index in [2.05, 4.69) is 20.9 Å². The van der Waals surface area contributed by atoms with Gasteiger partial charge in [-0.2, -0.15) is 0 Å². The third kappa shape index (κ3) is 4.39. The molecule has 2 rings (SSSR count). The average molecular weight is 357 g/mol. The first-order valence-corrected chi connectivity index (χ1v) is 6.12. The third-order valence-electron chi connectivity index (χ3n) is 2.77.